The molecule has 2 amide bonds. The van der Waals surface area contributed by atoms with Crippen molar-refractivity contribution >= 4 is 35.0 Å². The smallest absolute Gasteiger partial charge is 0.278 e. The zero-order chi connectivity index (χ0) is 12.1. The highest BCUT2D eigenvalue weighted by Crippen LogP contribution is 2.14. The number of nitrogens with two attached hydrogens (primary N) is 1. The van der Waals surface area contributed by atoms with E-state index in [1.165, 1.54) is 6.07 Å². The van der Waals surface area contributed by atoms with Gasteiger partial charge in [-0.05, 0) is 6.07 Å². The molecule has 1 heterocycles. The molecule has 0 fully saturated rings. The molecule has 0 saturated carbocycles. The van der Waals surface area contributed by atoms with E-state index in [2.05, 4.69) is 15.0 Å². The van der Waals surface area contributed by atoms with Crippen molar-refractivity contribution in [3.63, 3.8) is 0 Å². The molecule has 86 valence electrons. The number of carbonyl (C=O) groups excluding carboxylic acids is 2. The van der Waals surface area contributed by atoms with Crippen molar-refractivity contribution < 1.29 is 14.4 Å². The molecule has 0 atom stereocenters. The van der Waals surface area contributed by atoms with Crippen molar-refractivity contribution in [2.45, 2.75) is 0 Å². The van der Waals surface area contributed by atoms with Crippen molar-refractivity contribution in [2.24, 2.45) is 5.73 Å². The number of nitrogens with zero attached hydrogens (tertiary/aromatic N) is 2. The van der Waals surface area contributed by atoms with Gasteiger partial charge in [-0.25, -0.2) is 5.48 Å². The van der Waals surface area contributed by atoms with Crippen molar-refractivity contribution in [3.05, 3.63) is 21.9 Å². The molecule has 16 heavy (non-hydrogen) atoms. The van der Waals surface area contributed by atoms with Gasteiger partial charge < -0.3 is 5.73 Å². The van der Waals surface area contributed by atoms with Crippen LogP contribution >= 0.6 is 23.2 Å². The standard InChI is InChI=1S/C7H6Cl2N4O3/c8-4-1-3(6(9)12-11-4)7(15)13-16-2-5(10)14/h1H,2H2,(H2,10,14)(H,13,15). The molecule has 7 nitrogen and oxygen atoms in total. The zero-order valence-electron chi connectivity index (χ0n) is 7.74. The maximum absolute atomic E-state index is 11.4. The fourth-order valence-corrected chi connectivity index (χ4v) is 1.07. The second-order valence-electron chi connectivity index (χ2n) is 2.56. The van der Waals surface area contributed by atoms with Crippen LogP contribution in [0.5, 0.6) is 0 Å². The lowest BCUT2D eigenvalue weighted by atomic mass is 10.3. The summed E-state index contributed by atoms with van der Waals surface area (Å²) in [7, 11) is 0. The van der Waals surface area contributed by atoms with Gasteiger partial charge in [-0.3, -0.25) is 14.4 Å². The van der Waals surface area contributed by atoms with Gasteiger partial charge in [0.1, 0.15) is 0 Å². The van der Waals surface area contributed by atoms with E-state index in [0.717, 1.165) is 0 Å². The van der Waals surface area contributed by atoms with Crippen LogP contribution in [0.25, 0.3) is 0 Å². The molecule has 0 aliphatic rings. The Bertz CT molecular complexity index is 426. The second-order valence-corrected chi connectivity index (χ2v) is 3.30. The Morgan fingerprint density at radius 2 is 2.12 bits per heavy atom. The Hall–Kier alpha value is -1.44. The van der Waals surface area contributed by atoms with Crippen LogP contribution in [0.1, 0.15) is 10.4 Å². The van der Waals surface area contributed by atoms with Crippen LogP contribution in [-0.2, 0) is 9.63 Å². The van der Waals surface area contributed by atoms with E-state index < -0.39 is 18.4 Å². The van der Waals surface area contributed by atoms with Gasteiger partial charge in [0.05, 0.1) is 5.56 Å². The van der Waals surface area contributed by atoms with Gasteiger partial charge in [0.25, 0.3) is 5.91 Å². The third kappa shape index (κ3) is 3.61. The molecule has 0 aromatic carbocycles. The van der Waals surface area contributed by atoms with Crippen molar-refractivity contribution in [2.75, 3.05) is 6.61 Å². The largest absolute Gasteiger partial charge is 0.368 e. The minimum atomic E-state index is -0.725. The summed E-state index contributed by atoms with van der Waals surface area (Å²) in [4.78, 5) is 26.2. The van der Waals surface area contributed by atoms with Gasteiger partial charge in [0.2, 0.25) is 5.91 Å². The van der Waals surface area contributed by atoms with Gasteiger partial charge in [0.15, 0.2) is 16.9 Å². The summed E-state index contributed by atoms with van der Waals surface area (Å²) in [6.45, 7) is -0.449. The molecule has 0 aliphatic heterocycles. The van der Waals surface area contributed by atoms with E-state index in [9.17, 15) is 9.59 Å². The molecule has 0 aliphatic carbocycles. The Balaban J connectivity index is 2.65. The molecule has 9 heteroatoms. The van der Waals surface area contributed by atoms with E-state index in [1.807, 2.05) is 5.48 Å². The highest BCUT2D eigenvalue weighted by molar-refractivity contribution is 6.34. The third-order valence-electron chi connectivity index (χ3n) is 1.34. The summed E-state index contributed by atoms with van der Waals surface area (Å²) < 4.78 is 0. The number of amides is 2. The van der Waals surface area contributed by atoms with Gasteiger partial charge in [-0.2, -0.15) is 0 Å². The van der Waals surface area contributed by atoms with E-state index in [0.29, 0.717) is 0 Å². The molecule has 3 N–H and O–H groups in total. The number of nitrogens with one attached hydrogen (secondary N) is 1. The van der Waals surface area contributed by atoms with Crippen LogP contribution in [0.3, 0.4) is 0 Å². The van der Waals surface area contributed by atoms with Crippen LogP contribution in [0.4, 0.5) is 0 Å². The molecule has 1 aromatic rings. The Labute approximate surface area is 99.8 Å². The summed E-state index contributed by atoms with van der Waals surface area (Å²) in [5.41, 5.74) is 6.71. The topological polar surface area (TPSA) is 107 Å². The fourth-order valence-electron chi connectivity index (χ4n) is 0.740. The first kappa shape index (κ1) is 12.6. The molecule has 0 unspecified atom stereocenters. The highest BCUT2D eigenvalue weighted by Gasteiger charge is 2.13. The number of primary amides is 1. The molecule has 0 spiro atoms. The van der Waals surface area contributed by atoms with Crippen LogP contribution in [0.2, 0.25) is 10.3 Å². The van der Waals surface area contributed by atoms with Crippen LogP contribution in [-0.4, -0.2) is 28.6 Å². The monoisotopic (exact) mass is 264 g/mol. The Morgan fingerprint density at radius 3 is 2.75 bits per heavy atom. The molecular formula is C7H6Cl2N4O3. The number of hydrogen-bond acceptors (Lipinski definition) is 5. The van der Waals surface area contributed by atoms with Gasteiger partial charge >= 0.3 is 0 Å². The van der Waals surface area contributed by atoms with Gasteiger partial charge in [-0.15, -0.1) is 10.2 Å². The van der Waals surface area contributed by atoms with E-state index in [-0.39, 0.29) is 15.9 Å². The lowest BCUT2D eigenvalue weighted by Crippen LogP contribution is -2.29. The van der Waals surface area contributed by atoms with Crippen molar-refractivity contribution in [1.82, 2.24) is 15.7 Å². The fraction of sp³-hybridized carbons (Fsp3) is 0.143. The highest BCUT2D eigenvalue weighted by atomic mass is 35.5. The van der Waals surface area contributed by atoms with E-state index in [1.54, 1.807) is 0 Å². The zero-order valence-corrected chi connectivity index (χ0v) is 9.25. The van der Waals surface area contributed by atoms with Crippen LogP contribution < -0.4 is 11.2 Å². The first-order chi connectivity index (χ1) is 7.50. The van der Waals surface area contributed by atoms with E-state index >= 15 is 0 Å². The summed E-state index contributed by atoms with van der Waals surface area (Å²) in [6.07, 6.45) is 0. The van der Waals surface area contributed by atoms with E-state index in [4.69, 9.17) is 28.9 Å². The van der Waals surface area contributed by atoms with Gasteiger partial charge in [0, 0.05) is 0 Å². The number of hydrogen-bond donors (Lipinski definition) is 2. The number of hydroxylamine groups is 1. The summed E-state index contributed by atoms with van der Waals surface area (Å²) in [5.74, 6) is -1.43. The average molecular weight is 265 g/mol. The molecule has 0 radical (unpaired) electrons. The minimum absolute atomic E-state index is 0.00412. The van der Waals surface area contributed by atoms with Crippen LogP contribution in [0, 0.1) is 0 Å². The number of halogens is 2. The number of carbonyl (C=O) groups is 2. The molecule has 0 bridgehead atoms. The lowest BCUT2D eigenvalue weighted by molar-refractivity contribution is -0.124. The third-order valence-corrected chi connectivity index (χ3v) is 1.81. The summed E-state index contributed by atoms with van der Waals surface area (Å²) in [5, 5.41) is 6.71. The summed E-state index contributed by atoms with van der Waals surface area (Å²) in [6, 6.07) is 1.21. The molecule has 0 saturated heterocycles. The quantitative estimate of drug-likeness (QED) is 0.741. The normalized spacial score (nSPS) is 9.88. The van der Waals surface area contributed by atoms with Crippen molar-refractivity contribution in [3.8, 4) is 0 Å². The molecule has 1 rings (SSSR count). The summed E-state index contributed by atoms with van der Waals surface area (Å²) >= 11 is 11.1. The van der Waals surface area contributed by atoms with Crippen LogP contribution in [0.15, 0.2) is 6.07 Å². The molecular weight excluding hydrogens is 259 g/mol. The predicted octanol–water partition coefficient (Wildman–Crippen LogP) is -0.0699. The number of aromatic nitrogens is 2. The average Bonchev–Trinajstić information content (AvgIpc) is 2.21. The first-order valence-electron chi connectivity index (χ1n) is 3.90. The lowest BCUT2D eigenvalue weighted by Gasteiger charge is -2.04. The Kier molecular flexibility index (Phi) is 4.41. The minimum Gasteiger partial charge on any atom is -0.368 e. The SMILES string of the molecule is NC(=O)CONC(=O)c1cc(Cl)nnc1Cl. The predicted molar refractivity (Wildman–Crippen MR) is 54.7 cm³/mol. The second kappa shape index (κ2) is 5.59. The molecule has 1 aromatic heterocycles. The van der Waals surface area contributed by atoms with Crippen molar-refractivity contribution in [1.29, 1.82) is 0 Å². The number of rotatable bonds is 4. The Morgan fingerprint density at radius 1 is 1.44 bits per heavy atom. The first-order valence-corrected chi connectivity index (χ1v) is 4.65. The maximum Gasteiger partial charge on any atom is 0.278 e. The van der Waals surface area contributed by atoms with Gasteiger partial charge in [-0.1, -0.05) is 23.2 Å². The maximum atomic E-state index is 11.4.